The fraction of sp³-hybridized carbons (Fsp3) is 0.308. The van der Waals surface area contributed by atoms with E-state index in [-0.39, 0.29) is 10.6 Å². The second kappa shape index (κ2) is 5.67. The summed E-state index contributed by atoms with van der Waals surface area (Å²) in [5.74, 6) is 0.576. The first-order valence-electron chi connectivity index (χ1n) is 6.22. The molecule has 6 nitrogen and oxygen atoms in total. The lowest BCUT2D eigenvalue weighted by molar-refractivity contribution is 0.391. The Morgan fingerprint density at radius 1 is 1.38 bits per heavy atom. The van der Waals surface area contributed by atoms with E-state index in [1.807, 2.05) is 0 Å². The number of benzene rings is 1. The Bertz CT molecular complexity index is 751. The molecule has 21 heavy (non-hydrogen) atoms. The Morgan fingerprint density at radius 3 is 2.57 bits per heavy atom. The molecular weight excluding hydrogens is 314 g/mol. The number of hydrogen-bond donors (Lipinski definition) is 2. The molecule has 0 fully saturated rings. The molecule has 0 saturated carbocycles. The fourth-order valence-electron chi connectivity index (χ4n) is 2.23. The second-order valence-electron chi connectivity index (χ2n) is 4.76. The lowest BCUT2D eigenvalue weighted by Crippen LogP contribution is -2.28. The summed E-state index contributed by atoms with van der Waals surface area (Å²) >= 11 is 5.78. The van der Waals surface area contributed by atoms with Gasteiger partial charge in [-0.1, -0.05) is 16.8 Å². The predicted molar refractivity (Wildman–Crippen MR) is 80.6 cm³/mol. The average molecular weight is 330 g/mol. The Hall–Kier alpha value is -1.57. The van der Waals surface area contributed by atoms with Gasteiger partial charge in [0.2, 0.25) is 10.0 Å². The van der Waals surface area contributed by atoms with Crippen LogP contribution in [0.2, 0.25) is 5.02 Å². The minimum atomic E-state index is -3.77. The molecule has 2 aromatic rings. The molecule has 0 aliphatic rings. The summed E-state index contributed by atoms with van der Waals surface area (Å²) in [6, 6.07) is 3.76. The zero-order chi connectivity index (χ0) is 15.8. The summed E-state index contributed by atoms with van der Waals surface area (Å²) in [7, 11) is -3.77. The van der Waals surface area contributed by atoms with Gasteiger partial charge in [-0.25, -0.2) is 13.1 Å². The highest BCUT2D eigenvalue weighted by molar-refractivity contribution is 7.89. The summed E-state index contributed by atoms with van der Waals surface area (Å²) in [6.07, 6.45) is 0. The van der Waals surface area contributed by atoms with E-state index in [4.69, 9.17) is 21.9 Å². The summed E-state index contributed by atoms with van der Waals surface area (Å²) in [4.78, 5) is -0.00879. The van der Waals surface area contributed by atoms with Crippen molar-refractivity contribution >= 4 is 27.3 Å². The van der Waals surface area contributed by atoms with Gasteiger partial charge >= 0.3 is 0 Å². The van der Waals surface area contributed by atoms with Crippen LogP contribution in [0.25, 0.3) is 0 Å². The molecule has 0 bridgehead atoms. The van der Waals surface area contributed by atoms with Gasteiger partial charge < -0.3 is 10.3 Å². The van der Waals surface area contributed by atoms with Gasteiger partial charge in [0.1, 0.15) is 10.7 Å². The third kappa shape index (κ3) is 3.20. The van der Waals surface area contributed by atoms with Crippen LogP contribution in [0.15, 0.2) is 27.6 Å². The summed E-state index contributed by atoms with van der Waals surface area (Å²) < 4.78 is 32.4. The number of sulfonamides is 1. The van der Waals surface area contributed by atoms with Crippen LogP contribution in [0.1, 0.15) is 30.0 Å². The third-order valence-corrected chi connectivity index (χ3v) is 4.96. The molecule has 0 radical (unpaired) electrons. The Labute approximate surface area is 128 Å². The summed E-state index contributed by atoms with van der Waals surface area (Å²) in [6.45, 7) is 5.21. The van der Waals surface area contributed by atoms with E-state index < -0.39 is 16.1 Å². The molecule has 114 valence electrons. The van der Waals surface area contributed by atoms with Crippen molar-refractivity contribution in [3.8, 4) is 0 Å². The molecule has 0 aliphatic heterocycles. The van der Waals surface area contributed by atoms with Gasteiger partial charge in [-0.2, -0.15) is 0 Å². The Balaban J connectivity index is 2.33. The highest BCUT2D eigenvalue weighted by Gasteiger charge is 2.24. The van der Waals surface area contributed by atoms with Crippen molar-refractivity contribution in [1.82, 2.24) is 9.88 Å². The van der Waals surface area contributed by atoms with Crippen LogP contribution in [0.4, 0.5) is 5.69 Å². The van der Waals surface area contributed by atoms with Crippen molar-refractivity contribution in [2.24, 2.45) is 0 Å². The lowest BCUT2D eigenvalue weighted by Gasteiger charge is -2.15. The van der Waals surface area contributed by atoms with Crippen LogP contribution in [0.5, 0.6) is 0 Å². The SMILES string of the molecule is Cc1noc(C)c1C(C)NS(=O)(=O)c1ccc(Cl)cc1N. The van der Waals surface area contributed by atoms with Crippen molar-refractivity contribution in [2.45, 2.75) is 31.7 Å². The number of nitrogens with one attached hydrogen (secondary N) is 1. The average Bonchev–Trinajstić information content (AvgIpc) is 2.67. The van der Waals surface area contributed by atoms with E-state index in [1.165, 1.54) is 18.2 Å². The minimum absolute atomic E-state index is 0.00879. The van der Waals surface area contributed by atoms with Gasteiger partial charge in [0.25, 0.3) is 0 Å². The molecule has 0 aliphatic carbocycles. The predicted octanol–water partition coefficient (Wildman–Crippen LogP) is 2.57. The Kier molecular flexibility index (Phi) is 4.27. The minimum Gasteiger partial charge on any atom is -0.398 e. The van der Waals surface area contributed by atoms with E-state index in [1.54, 1.807) is 20.8 Å². The molecule has 3 N–H and O–H groups in total. The lowest BCUT2D eigenvalue weighted by atomic mass is 10.1. The number of nitrogens with two attached hydrogens (primary N) is 1. The molecular formula is C13H16ClN3O3S. The molecule has 2 rings (SSSR count). The van der Waals surface area contributed by atoms with E-state index in [0.717, 1.165) is 0 Å². The van der Waals surface area contributed by atoms with Crippen molar-refractivity contribution in [2.75, 3.05) is 5.73 Å². The van der Waals surface area contributed by atoms with Crippen LogP contribution in [0.3, 0.4) is 0 Å². The zero-order valence-corrected chi connectivity index (χ0v) is 13.4. The summed E-state index contributed by atoms with van der Waals surface area (Å²) in [5, 5.41) is 4.20. The molecule has 1 aromatic carbocycles. The maximum absolute atomic E-state index is 12.4. The number of aromatic nitrogens is 1. The highest BCUT2D eigenvalue weighted by Crippen LogP contribution is 2.26. The van der Waals surface area contributed by atoms with Crippen molar-refractivity contribution in [3.05, 3.63) is 40.2 Å². The van der Waals surface area contributed by atoms with E-state index in [0.29, 0.717) is 22.0 Å². The number of nitrogens with zero attached hydrogens (tertiary/aromatic N) is 1. The first-order valence-corrected chi connectivity index (χ1v) is 8.08. The van der Waals surface area contributed by atoms with Crippen LogP contribution in [-0.2, 0) is 10.0 Å². The van der Waals surface area contributed by atoms with Crippen LogP contribution in [0, 0.1) is 13.8 Å². The maximum atomic E-state index is 12.4. The smallest absolute Gasteiger partial charge is 0.243 e. The van der Waals surface area contributed by atoms with Gasteiger partial charge in [0.05, 0.1) is 11.4 Å². The standard InChI is InChI=1S/C13H16ClN3O3S/c1-7-13(9(3)20-16-7)8(2)17-21(18,19)12-5-4-10(14)6-11(12)15/h4-6,8,17H,15H2,1-3H3. The van der Waals surface area contributed by atoms with Crippen molar-refractivity contribution < 1.29 is 12.9 Å². The molecule has 0 saturated heterocycles. The number of halogens is 1. The largest absolute Gasteiger partial charge is 0.398 e. The van der Waals surface area contributed by atoms with E-state index in [9.17, 15) is 8.42 Å². The van der Waals surface area contributed by atoms with Crippen LogP contribution >= 0.6 is 11.6 Å². The van der Waals surface area contributed by atoms with E-state index in [2.05, 4.69) is 9.88 Å². The van der Waals surface area contributed by atoms with Gasteiger partial charge in [-0.3, -0.25) is 0 Å². The number of anilines is 1. The second-order valence-corrected chi connectivity index (χ2v) is 6.88. The highest BCUT2D eigenvalue weighted by atomic mass is 35.5. The fourth-order valence-corrected chi connectivity index (χ4v) is 3.73. The quantitative estimate of drug-likeness (QED) is 0.840. The van der Waals surface area contributed by atoms with Crippen LogP contribution in [-0.4, -0.2) is 13.6 Å². The first-order chi connectivity index (χ1) is 9.72. The third-order valence-electron chi connectivity index (χ3n) is 3.11. The van der Waals surface area contributed by atoms with Gasteiger partial charge in [-0.15, -0.1) is 0 Å². The number of rotatable bonds is 4. The van der Waals surface area contributed by atoms with Gasteiger partial charge in [0, 0.05) is 16.6 Å². The topological polar surface area (TPSA) is 98.2 Å². The number of aryl methyl sites for hydroxylation is 2. The van der Waals surface area contributed by atoms with Crippen LogP contribution < -0.4 is 10.5 Å². The zero-order valence-electron chi connectivity index (χ0n) is 11.8. The Morgan fingerprint density at radius 2 is 2.05 bits per heavy atom. The number of hydrogen-bond acceptors (Lipinski definition) is 5. The molecule has 1 atom stereocenters. The first kappa shape index (κ1) is 15.8. The molecule has 8 heteroatoms. The molecule has 1 heterocycles. The monoisotopic (exact) mass is 329 g/mol. The van der Waals surface area contributed by atoms with Crippen molar-refractivity contribution in [1.29, 1.82) is 0 Å². The molecule has 0 spiro atoms. The normalized spacial score (nSPS) is 13.3. The summed E-state index contributed by atoms with van der Waals surface area (Å²) in [5.41, 5.74) is 7.18. The molecule has 0 amide bonds. The van der Waals surface area contributed by atoms with Gasteiger partial charge in [0.15, 0.2) is 0 Å². The number of nitrogen functional groups attached to an aromatic ring is 1. The molecule has 1 unspecified atom stereocenters. The molecule has 1 aromatic heterocycles. The van der Waals surface area contributed by atoms with Crippen molar-refractivity contribution in [3.63, 3.8) is 0 Å². The van der Waals surface area contributed by atoms with E-state index >= 15 is 0 Å². The van der Waals surface area contributed by atoms with Gasteiger partial charge in [-0.05, 0) is 39.0 Å². The maximum Gasteiger partial charge on any atom is 0.243 e.